The van der Waals surface area contributed by atoms with Crippen LogP contribution in [0.3, 0.4) is 0 Å². The van der Waals surface area contributed by atoms with Crippen molar-refractivity contribution in [2.75, 3.05) is 13.7 Å². The Morgan fingerprint density at radius 1 is 1.10 bits per heavy atom. The molecule has 42 heavy (non-hydrogen) atoms. The first-order valence-electron chi connectivity index (χ1n) is 15.9. The van der Waals surface area contributed by atoms with Gasteiger partial charge in [-0.05, 0) is 102 Å². The third-order valence-corrected chi connectivity index (χ3v) is 8.89. The number of ether oxygens (including phenoxy) is 1. The largest absolute Gasteiger partial charge is 0.379 e. The normalized spacial score (nSPS) is 29.9. The maximum absolute atomic E-state index is 13.3. The highest BCUT2D eigenvalue weighted by molar-refractivity contribution is 7.98. The van der Waals surface area contributed by atoms with Crippen LogP contribution in [0.1, 0.15) is 106 Å². The molecule has 0 aromatic rings. The van der Waals surface area contributed by atoms with Gasteiger partial charge >= 0.3 is 0 Å². The van der Waals surface area contributed by atoms with E-state index in [4.69, 9.17) is 4.74 Å². The smallest absolute Gasteiger partial charge is 0.246 e. The fourth-order valence-electron chi connectivity index (χ4n) is 4.97. The average molecular weight is 611 g/mol. The fourth-order valence-corrected chi connectivity index (χ4v) is 5.59. The number of rotatable bonds is 6. The second-order valence-electron chi connectivity index (χ2n) is 12.4. The van der Waals surface area contributed by atoms with Gasteiger partial charge in [0, 0.05) is 24.9 Å². The summed E-state index contributed by atoms with van der Waals surface area (Å²) in [6.45, 7) is 14.9. The van der Waals surface area contributed by atoms with Crippen molar-refractivity contribution in [1.82, 2.24) is 20.3 Å². The van der Waals surface area contributed by atoms with Gasteiger partial charge in [0.2, 0.25) is 24.6 Å². The van der Waals surface area contributed by atoms with Crippen LogP contribution in [-0.2, 0) is 23.9 Å². The van der Waals surface area contributed by atoms with Gasteiger partial charge in [0.15, 0.2) is 0 Å². The number of carbonyl (C=O) groups excluding carboxylic acids is 4. The van der Waals surface area contributed by atoms with Crippen molar-refractivity contribution in [3.8, 4) is 0 Å². The SMILES string of the molecule is CC.CCC1C[C@H](C)CC/C=C\[C@@H]2CC2NC(=O)C2CCCN2C(=O)[C@H]1NC=O.COC(C)(C)C.O=CNSC1CC1. The van der Waals surface area contributed by atoms with Gasteiger partial charge in [0.05, 0.1) is 5.60 Å². The van der Waals surface area contributed by atoms with Gasteiger partial charge in [-0.25, -0.2) is 0 Å². The summed E-state index contributed by atoms with van der Waals surface area (Å²) in [5.41, 5.74) is 0.0417. The predicted octanol–water partition coefficient (Wildman–Crippen LogP) is 5.00. The van der Waals surface area contributed by atoms with Gasteiger partial charge in [-0.1, -0.05) is 46.3 Å². The maximum atomic E-state index is 13.3. The number of amides is 4. The van der Waals surface area contributed by atoms with Gasteiger partial charge in [0.1, 0.15) is 12.1 Å². The van der Waals surface area contributed by atoms with E-state index in [0.717, 1.165) is 50.2 Å². The van der Waals surface area contributed by atoms with Crippen molar-refractivity contribution in [3.63, 3.8) is 0 Å². The van der Waals surface area contributed by atoms with Crippen LogP contribution < -0.4 is 15.4 Å². The van der Waals surface area contributed by atoms with Gasteiger partial charge in [0.25, 0.3) is 0 Å². The first kappa shape index (κ1) is 38.0. The molecule has 2 aliphatic heterocycles. The molecule has 9 nitrogen and oxygen atoms in total. The zero-order valence-corrected chi connectivity index (χ0v) is 28.1. The second-order valence-corrected chi connectivity index (χ2v) is 13.5. The molecular weight excluding hydrogens is 552 g/mol. The van der Waals surface area contributed by atoms with Crippen molar-refractivity contribution in [3.05, 3.63) is 12.2 Å². The van der Waals surface area contributed by atoms with Crippen LogP contribution in [-0.4, -0.2) is 72.2 Å². The van der Waals surface area contributed by atoms with Gasteiger partial charge in [-0.3, -0.25) is 19.2 Å². The summed E-state index contributed by atoms with van der Waals surface area (Å²) >= 11 is 1.52. The Labute approximate surface area is 259 Å². The summed E-state index contributed by atoms with van der Waals surface area (Å²) in [5.74, 6) is 0.872. The van der Waals surface area contributed by atoms with Crippen LogP contribution in [0.15, 0.2) is 12.2 Å². The Morgan fingerprint density at radius 3 is 2.31 bits per heavy atom. The van der Waals surface area contributed by atoms with E-state index >= 15 is 0 Å². The lowest BCUT2D eigenvalue weighted by atomic mass is 9.85. The summed E-state index contributed by atoms with van der Waals surface area (Å²) in [7, 11) is 1.71. The maximum Gasteiger partial charge on any atom is 0.246 e. The Balaban J connectivity index is 0.000000482. The number of fused-ring (bicyclic) bond motifs is 2. The lowest BCUT2D eigenvalue weighted by Gasteiger charge is -2.33. The lowest BCUT2D eigenvalue weighted by molar-refractivity contribution is -0.142. The molecule has 3 N–H and O–H groups in total. The molecule has 3 unspecified atom stereocenters. The summed E-state index contributed by atoms with van der Waals surface area (Å²) in [4.78, 5) is 48.6. The van der Waals surface area contributed by atoms with Crippen molar-refractivity contribution in [2.24, 2.45) is 17.8 Å². The summed E-state index contributed by atoms with van der Waals surface area (Å²) in [5, 5.41) is 6.62. The zero-order chi connectivity index (χ0) is 31.7. The predicted molar refractivity (Wildman–Crippen MR) is 172 cm³/mol. The number of allylic oxidation sites excluding steroid dienone is 1. The highest BCUT2D eigenvalue weighted by atomic mass is 32.2. The quantitative estimate of drug-likeness (QED) is 0.221. The summed E-state index contributed by atoms with van der Waals surface area (Å²) in [6.07, 6.45) is 14.7. The molecule has 2 heterocycles. The molecule has 4 amide bonds. The summed E-state index contributed by atoms with van der Waals surface area (Å²) in [6, 6.07) is -0.738. The van der Waals surface area contributed by atoms with Crippen molar-refractivity contribution in [1.29, 1.82) is 0 Å². The molecule has 6 atom stereocenters. The second kappa shape index (κ2) is 20.0. The van der Waals surface area contributed by atoms with E-state index in [2.05, 4.69) is 41.4 Å². The molecule has 0 aromatic carbocycles. The van der Waals surface area contributed by atoms with E-state index in [1.165, 1.54) is 24.8 Å². The number of methoxy groups -OCH3 is 1. The first-order valence-corrected chi connectivity index (χ1v) is 16.8. The van der Waals surface area contributed by atoms with Crippen LogP contribution in [0.5, 0.6) is 0 Å². The molecular formula is C32H58N4O5S. The molecule has 0 bridgehead atoms. The molecule has 4 rings (SSSR count). The van der Waals surface area contributed by atoms with E-state index in [-0.39, 0.29) is 29.4 Å². The van der Waals surface area contributed by atoms with Crippen molar-refractivity contribution < 1.29 is 23.9 Å². The number of hydrogen-bond acceptors (Lipinski definition) is 6. The molecule has 0 spiro atoms. The van der Waals surface area contributed by atoms with E-state index < -0.39 is 12.1 Å². The van der Waals surface area contributed by atoms with Crippen LogP contribution in [0, 0.1) is 17.8 Å². The molecule has 2 saturated carbocycles. The molecule has 242 valence electrons. The molecule has 0 radical (unpaired) electrons. The molecule has 4 aliphatic rings. The Morgan fingerprint density at radius 2 is 1.76 bits per heavy atom. The van der Waals surface area contributed by atoms with E-state index in [0.29, 0.717) is 31.2 Å². The van der Waals surface area contributed by atoms with Crippen molar-refractivity contribution >= 4 is 36.6 Å². The lowest BCUT2D eigenvalue weighted by Crippen LogP contribution is -2.55. The third kappa shape index (κ3) is 14.4. The fraction of sp³-hybridized carbons (Fsp3) is 0.812. The number of nitrogens with zero attached hydrogens (tertiary/aromatic N) is 1. The monoisotopic (exact) mass is 610 g/mol. The molecule has 0 aromatic heterocycles. The minimum absolute atomic E-state index is 0.0390. The zero-order valence-electron chi connectivity index (χ0n) is 27.3. The van der Waals surface area contributed by atoms with Gasteiger partial charge in [-0.15, -0.1) is 0 Å². The third-order valence-electron chi connectivity index (χ3n) is 7.85. The van der Waals surface area contributed by atoms with E-state index in [1.807, 2.05) is 34.6 Å². The minimum atomic E-state index is -0.544. The Hall–Kier alpha value is -2.07. The first-order chi connectivity index (χ1) is 20.0. The molecule has 2 aliphatic carbocycles. The standard InChI is InChI=1S/C21H33N3O3.C5H12O.C4H7NOS.C2H6/c1-3-15-11-14(2)7-4-5-8-16-12-17(16)23-20(26)18-9-6-10-24(18)21(27)19(15)22-13-25;1-5(2,3)6-4;6-3-5-7-4-1-2-4;1-2/h5,8,13-19H,3-4,6-7,9-12H2,1-2H3,(H,22,25)(H,23,26);1-4H3;3-4H,1-2H2,(H,5,6);1-2H3/b8-5-;;;/t14-,15?,16-,17?,18?,19+;;;/m1.../s1. The average Bonchev–Trinajstić information content (AvgIpc) is 3.89. The Bertz CT molecular complexity index is 845. The molecule has 1 saturated heterocycles. The van der Waals surface area contributed by atoms with E-state index in [9.17, 15) is 19.2 Å². The highest BCUT2D eigenvalue weighted by Gasteiger charge is 2.43. The summed E-state index contributed by atoms with van der Waals surface area (Å²) < 4.78 is 7.48. The molecule has 3 fully saturated rings. The number of nitrogens with one attached hydrogen (secondary N) is 3. The number of hydrogen-bond donors (Lipinski definition) is 3. The van der Waals surface area contributed by atoms with Gasteiger partial charge < -0.3 is 25.0 Å². The number of carbonyl (C=O) groups is 4. The van der Waals surface area contributed by atoms with Crippen LogP contribution in [0.25, 0.3) is 0 Å². The topological polar surface area (TPSA) is 117 Å². The molecule has 10 heteroatoms. The Kier molecular flexibility index (Phi) is 18.1. The van der Waals surface area contributed by atoms with Crippen LogP contribution >= 0.6 is 11.9 Å². The highest BCUT2D eigenvalue weighted by Crippen LogP contribution is 2.34. The van der Waals surface area contributed by atoms with E-state index in [1.54, 1.807) is 12.0 Å². The van der Waals surface area contributed by atoms with Crippen molar-refractivity contribution in [2.45, 2.75) is 135 Å². The van der Waals surface area contributed by atoms with Gasteiger partial charge in [-0.2, -0.15) is 0 Å². The minimum Gasteiger partial charge on any atom is -0.379 e. The van der Waals surface area contributed by atoms with Crippen LogP contribution in [0.2, 0.25) is 0 Å². The van der Waals surface area contributed by atoms with Crippen LogP contribution in [0.4, 0.5) is 0 Å².